The second kappa shape index (κ2) is 18.8. The lowest BCUT2D eigenvalue weighted by Gasteiger charge is -2.58. The smallest absolute Gasteiger partial charge is 0.343 e. The molecule has 0 aliphatic heterocycles. The molecule has 56 heavy (non-hydrogen) atoms. The Balaban J connectivity index is 0.866. The predicted molar refractivity (Wildman–Crippen MR) is 221 cm³/mol. The Bertz CT molecular complexity index is 1660. The zero-order valence-corrected chi connectivity index (χ0v) is 35.1. The highest BCUT2D eigenvalue weighted by molar-refractivity contribution is 5.91. The van der Waals surface area contributed by atoms with Gasteiger partial charge in [-0.2, -0.15) is 0 Å². The van der Waals surface area contributed by atoms with Gasteiger partial charge in [0.1, 0.15) is 23.4 Å². The second-order valence-electron chi connectivity index (χ2n) is 18.6. The molecule has 306 valence electrons. The SMILES string of the molecule is COc1ccc(OC(=O)c2ccc(OC(=O)CCCCCCC(=O)O[C@H]3CC[C@@]4(C)C(=CC[C@H]5[C@@H]6CC[C@H]([C@H](C)CCCC(C)C)[C@@]6(C)CC[C@@H]54)C3)cc2)cc1. The molecule has 0 amide bonds. The summed E-state index contributed by atoms with van der Waals surface area (Å²) in [6.07, 6.45) is 20.4. The Labute approximate surface area is 336 Å². The lowest BCUT2D eigenvalue weighted by molar-refractivity contribution is -0.151. The molecule has 4 aliphatic carbocycles. The molecule has 0 saturated heterocycles. The molecule has 2 aromatic carbocycles. The second-order valence-corrected chi connectivity index (χ2v) is 18.6. The monoisotopic (exact) mass is 768 g/mol. The largest absolute Gasteiger partial charge is 0.497 e. The summed E-state index contributed by atoms with van der Waals surface area (Å²) >= 11 is 0. The zero-order valence-electron chi connectivity index (χ0n) is 35.1. The van der Waals surface area contributed by atoms with E-state index in [1.165, 1.54) is 51.4 Å². The number of fused-ring (bicyclic) bond motifs is 5. The van der Waals surface area contributed by atoms with Crippen LogP contribution < -0.4 is 14.2 Å². The maximum atomic E-state index is 12.9. The van der Waals surface area contributed by atoms with Crippen molar-refractivity contribution >= 4 is 17.9 Å². The molecule has 7 nitrogen and oxygen atoms in total. The van der Waals surface area contributed by atoms with Gasteiger partial charge in [-0.15, -0.1) is 0 Å². The van der Waals surface area contributed by atoms with E-state index in [0.29, 0.717) is 47.5 Å². The van der Waals surface area contributed by atoms with Crippen LogP contribution in [0.25, 0.3) is 0 Å². The quantitative estimate of drug-likeness (QED) is 0.0685. The number of carbonyl (C=O) groups is 3. The van der Waals surface area contributed by atoms with E-state index in [1.54, 1.807) is 61.2 Å². The predicted octanol–water partition coefficient (Wildman–Crippen LogP) is 12.1. The van der Waals surface area contributed by atoms with Crippen LogP contribution in [0.2, 0.25) is 0 Å². The summed E-state index contributed by atoms with van der Waals surface area (Å²) in [6, 6.07) is 13.1. The van der Waals surface area contributed by atoms with Crippen LogP contribution in [0.15, 0.2) is 60.2 Å². The number of hydrogen-bond donors (Lipinski definition) is 0. The first-order chi connectivity index (χ1) is 26.9. The van der Waals surface area contributed by atoms with Gasteiger partial charge in [0.25, 0.3) is 0 Å². The highest BCUT2D eigenvalue weighted by Crippen LogP contribution is 2.67. The summed E-state index contributed by atoms with van der Waals surface area (Å²) in [5, 5.41) is 0. The van der Waals surface area contributed by atoms with Gasteiger partial charge < -0.3 is 18.9 Å². The highest BCUT2D eigenvalue weighted by Gasteiger charge is 2.59. The Morgan fingerprint density at radius 1 is 0.714 bits per heavy atom. The number of ether oxygens (including phenoxy) is 4. The summed E-state index contributed by atoms with van der Waals surface area (Å²) in [4.78, 5) is 37.8. The molecule has 2 aromatic rings. The lowest BCUT2D eigenvalue weighted by atomic mass is 9.47. The van der Waals surface area contributed by atoms with Crippen molar-refractivity contribution in [3.63, 3.8) is 0 Å². The van der Waals surface area contributed by atoms with Gasteiger partial charge in [0, 0.05) is 19.3 Å². The third-order valence-corrected chi connectivity index (χ3v) is 14.7. The van der Waals surface area contributed by atoms with Gasteiger partial charge in [0.05, 0.1) is 12.7 Å². The van der Waals surface area contributed by atoms with Gasteiger partial charge >= 0.3 is 17.9 Å². The Hall–Kier alpha value is -3.61. The normalized spacial score (nSPS) is 28.6. The van der Waals surface area contributed by atoms with E-state index in [2.05, 4.69) is 40.7 Å². The molecule has 4 aliphatic rings. The van der Waals surface area contributed by atoms with Crippen LogP contribution in [0.1, 0.15) is 154 Å². The fourth-order valence-electron chi connectivity index (χ4n) is 11.5. The third kappa shape index (κ3) is 9.91. The lowest BCUT2D eigenvalue weighted by Crippen LogP contribution is -2.51. The van der Waals surface area contributed by atoms with Crippen molar-refractivity contribution in [2.24, 2.45) is 46.3 Å². The molecular weight excluding hydrogens is 701 g/mol. The van der Waals surface area contributed by atoms with Crippen LogP contribution in [0, 0.1) is 46.3 Å². The molecule has 7 heteroatoms. The van der Waals surface area contributed by atoms with Crippen LogP contribution >= 0.6 is 0 Å². The van der Waals surface area contributed by atoms with E-state index < -0.39 is 5.97 Å². The van der Waals surface area contributed by atoms with Crippen molar-refractivity contribution in [2.45, 2.75) is 150 Å². The molecule has 0 bridgehead atoms. The summed E-state index contributed by atoms with van der Waals surface area (Å²) < 4.78 is 22.1. The van der Waals surface area contributed by atoms with E-state index in [4.69, 9.17) is 18.9 Å². The Morgan fingerprint density at radius 3 is 2.07 bits per heavy atom. The molecule has 0 aromatic heterocycles. The summed E-state index contributed by atoms with van der Waals surface area (Å²) in [5.41, 5.74) is 2.68. The number of hydrogen-bond acceptors (Lipinski definition) is 7. The third-order valence-electron chi connectivity index (χ3n) is 14.7. The van der Waals surface area contributed by atoms with Crippen LogP contribution in [-0.2, 0) is 14.3 Å². The minimum atomic E-state index is -0.500. The molecule has 3 fully saturated rings. The first-order valence-electron chi connectivity index (χ1n) is 22.0. The average molecular weight is 769 g/mol. The minimum Gasteiger partial charge on any atom is -0.497 e. The first kappa shape index (κ1) is 42.0. The molecule has 6 rings (SSSR count). The van der Waals surface area contributed by atoms with Crippen molar-refractivity contribution in [3.05, 3.63) is 65.7 Å². The van der Waals surface area contributed by atoms with E-state index in [1.807, 2.05) is 0 Å². The van der Waals surface area contributed by atoms with Crippen LogP contribution in [-0.4, -0.2) is 31.1 Å². The molecule has 0 spiro atoms. The number of methoxy groups -OCH3 is 1. The molecule has 8 atom stereocenters. The van der Waals surface area contributed by atoms with Crippen molar-refractivity contribution in [1.82, 2.24) is 0 Å². The average Bonchev–Trinajstić information content (AvgIpc) is 3.54. The number of unbranched alkanes of at least 4 members (excludes halogenated alkanes) is 3. The maximum absolute atomic E-state index is 12.9. The molecule has 3 saturated carbocycles. The maximum Gasteiger partial charge on any atom is 0.343 e. The number of rotatable bonds is 17. The zero-order chi connectivity index (χ0) is 39.9. The number of benzene rings is 2. The first-order valence-corrected chi connectivity index (χ1v) is 22.0. The van der Waals surface area contributed by atoms with Crippen molar-refractivity contribution in [2.75, 3.05) is 7.11 Å². The summed E-state index contributed by atoms with van der Waals surface area (Å²) in [5.74, 6) is 5.53. The standard InChI is InChI=1S/C49H68O7/c1-33(2)12-11-13-34(3)42-26-27-43-41-25-18-36-32-40(28-30-48(36,4)44(41)29-31-49(42,43)5)55-46(51)15-10-8-7-9-14-45(50)54-38-19-16-35(17-20-38)47(52)56-39-23-21-37(53-6)22-24-39/h16-24,33-34,40-44H,7-15,25-32H2,1-6H3/t34-,40+,41+,42-,43+,44+,48+,49-/m1/s1. The Kier molecular flexibility index (Phi) is 14.1. The van der Waals surface area contributed by atoms with Crippen molar-refractivity contribution in [3.8, 4) is 17.2 Å². The molecule has 0 unspecified atom stereocenters. The minimum absolute atomic E-state index is 0.00209. The van der Waals surface area contributed by atoms with Crippen molar-refractivity contribution < 1.29 is 33.3 Å². The highest BCUT2D eigenvalue weighted by atomic mass is 16.5. The van der Waals surface area contributed by atoms with Gasteiger partial charge in [0.2, 0.25) is 0 Å². The van der Waals surface area contributed by atoms with Gasteiger partial charge in [-0.05, 0) is 153 Å². The van der Waals surface area contributed by atoms with E-state index in [-0.39, 0.29) is 23.5 Å². The van der Waals surface area contributed by atoms with Crippen LogP contribution in [0.4, 0.5) is 0 Å². The van der Waals surface area contributed by atoms with Gasteiger partial charge in [0.15, 0.2) is 0 Å². The van der Waals surface area contributed by atoms with Gasteiger partial charge in [-0.25, -0.2) is 4.79 Å². The Morgan fingerprint density at radius 2 is 1.38 bits per heavy atom. The number of allylic oxidation sites excluding steroid dienone is 1. The summed E-state index contributed by atoms with van der Waals surface area (Å²) in [6.45, 7) is 12.5. The van der Waals surface area contributed by atoms with Crippen LogP contribution in [0.5, 0.6) is 17.2 Å². The number of carbonyl (C=O) groups excluding carboxylic acids is 3. The fourth-order valence-corrected chi connectivity index (χ4v) is 11.5. The molecule has 0 heterocycles. The van der Waals surface area contributed by atoms with Gasteiger partial charge in [-0.1, -0.05) is 78.4 Å². The van der Waals surface area contributed by atoms with Crippen LogP contribution in [0.3, 0.4) is 0 Å². The number of esters is 3. The summed E-state index contributed by atoms with van der Waals surface area (Å²) in [7, 11) is 1.57. The van der Waals surface area contributed by atoms with E-state index >= 15 is 0 Å². The topological polar surface area (TPSA) is 88.1 Å². The molecule has 0 radical (unpaired) electrons. The van der Waals surface area contributed by atoms with E-state index in [0.717, 1.165) is 74.0 Å². The van der Waals surface area contributed by atoms with Crippen molar-refractivity contribution in [1.29, 1.82) is 0 Å². The molecule has 0 N–H and O–H groups in total. The van der Waals surface area contributed by atoms with E-state index in [9.17, 15) is 14.4 Å². The fraction of sp³-hybridized carbons (Fsp3) is 0.653. The molecular formula is C49H68O7. The van der Waals surface area contributed by atoms with Gasteiger partial charge in [-0.3, -0.25) is 9.59 Å².